The fraction of sp³-hybridized carbons (Fsp3) is 0.300. The van der Waals surface area contributed by atoms with Crippen molar-refractivity contribution in [3.05, 3.63) is 64.7 Å². The minimum atomic E-state index is -0.142. The molecule has 2 aromatic rings. The van der Waals surface area contributed by atoms with E-state index >= 15 is 0 Å². The zero-order valence-corrected chi connectivity index (χ0v) is 15.3. The first-order chi connectivity index (χ1) is 12.5. The molecular formula is C20H21ClN2O3. The van der Waals surface area contributed by atoms with Crippen LogP contribution in [0.3, 0.4) is 0 Å². The van der Waals surface area contributed by atoms with Gasteiger partial charge in [0.05, 0.1) is 19.1 Å². The highest BCUT2D eigenvalue weighted by Gasteiger charge is 2.22. The van der Waals surface area contributed by atoms with Crippen molar-refractivity contribution in [1.29, 1.82) is 0 Å². The molecule has 5 nitrogen and oxygen atoms in total. The van der Waals surface area contributed by atoms with E-state index in [1.165, 1.54) is 0 Å². The Kier molecular flexibility index (Phi) is 5.91. The highest BCUT2D eigenvalue weighted by atomic mass is 35.5. The molecule has 26 heavy (non-hydrogen) atoms. The molecule has 2 amide bonds. The topological polar surface area (TPSA) is 58.6 Å². The van der Waals surface area contributed by atoms with Gasteiger partial charge < -0.3 is 15.0 Å². The molecule has 1 aliphatic rings. The van der Waals surface area contributed by atoms with Crippen molar-refractivity contribution in [2.24, 2.45) is 0 Å². The number of halogens is 1. The lowest BCUT2D eigenvalue weighted by molar-refractivity contribution is -0.115. The van der Waals surface area contributed by atoms with Crippen LogP contribution in [0, 0.1) is 0 Å². The van der Waals surface area contributed by atoms with Crippen molar-refractivity contribution in [3.63, 3.8) is 0 Å². The van der Waals surface area contributed by atoms with Gasteiger partial charge in [0.25, 0.3) is 5.91 Å². The molecule has 0 saturated carbocycles. The van der Waals surface area contributed by atoms with Crippen LogP contribution in [0.5, 0.6) is 0 Å². The van der Waals surface area contributed by atoms with E-state index in [9.17, 15) is 9.59 Å². The maximum absolute atomic E-state index is 12.7. The fourth-order valence-electron chi connectivity index (χ4n) is 2.91. The first kappa shape index (κ1) is 18.4. The summed E-state index contributed by atoms with van der Waals surface area (Å²) in [6, 6.07) is 14.2. The standard InChI is InChI=1S/C20H21ClN2O3/c1-14-13-23(9-10-26-14)20(25)16-3-2-4-18(12-16)22-19(24)11-15-5-7-17(21)8-6-15/h2-8,12,14H,9-11,13H2,1H3,(H,22,24). The normalized spacial score (nSPS) is 17.0. The van der Waals surface area contributed by atoms with E-state index in [0.29, 0.717) is 36.0 Å². The summed E-state index contributed by atoms with van der Waals surface area (Å²) in [6.45, 7) is 3.65. The quantitative estimate of drug-likeness (QED) is 0.895. The molecule has 1 fully saturated rings. The predicted octanol–water partition coefficient (Wildman–Crippen LogP) is 3.38. The smallest absolute Gasteiger partial charge is 0.254 e. The van der Waals surface area contributed by atoms with Gasteiger partial charge in [-0.1, -0.05) is 29.8 Å². The number of hydrogen-bond donors (Lipinski definition) is 1. The number of carbonyl (C=O) groups is 2. The number of nitrogens with zero attached hydrogens (tertiary/aromatic N) is 1. The first-order valence-corrected chi connectivity index (χ1v) is 8.94. The second-order valence-electron chi connectivity index (χ2n) is 6.36. The molecule has 1 aliphatic heterocycles. The predicted molar refractivity (Wildman–Crippen MR) is 102 cm³/mol. The highest BCUT2D eigenvalue weighted by molar-refractivity contribution is 6.30. The number of amides is 2. The van der Waals surface area contributed by atoms with Gasteiger partial charge in [-0.2, -0.15) is 0 Å². The molecule has 6 heteroatoms. The Morgan fingerprint density at radius 1 is 1.23 bits per heavy atom. The Balaban J connectivity index is 1.64. The zero-order chi connectivity index (χ0) is 18.5. The number of carbonyl (C=O) groups excluding carboxylic acids is 2. The Morgan fingerprint density at radius 2 is 2.00 bits per heavy atom. The summed E-state index contributed by atoms with van der Waals surface area (Å²) < 4.78 is 5.48. The van der Waals surface area contributed by atoms with E-state index in [0.717, 1.165) is 5.56 Å². The van der Waals surface area contributed by atoms with Crippen LogP contribution >= 0.6 is 11.6 Å². The molecule has 0 aliphatic carbocycles. The lowest BCUT2D eigenvalue weighted by Gasteiger charge is -2.31. The van der Waals surface area contributed by atoms with Crippen LogP contribution in [0.25, 0.3) is 0 Å². The number of nitrogens with one attached hydrogen (secondary N) is 1. The van der Waals surface area contributed by atoms with Gasteiger partial charge in [-0.05, 0) is 42.8 Å². The summed E-state index contributed by atoms with van der Waals surface area (Å²) in [5, 5.41) is 3.48. The number of rotatable bonds is 4. The van der Waals surface area contributed by atoms with E-state index in [1.54, 1.807) is 41.3 Å². The zero-order valence-electron chi connectivity index (χ0n) is 14.6. The van der Waals surface area contributed by atoms with Crippen LogP contribution < -0.4 is 5.32 Å². The molecule has 0 radical (unpaired) electrons. The minimum Gasteiger partial charge on any atom is -0.375 e. The Bertz CT molecular complexity index is 792. The number of morpholine rings is 1. The van der Waals surface area contributed by atoms with Crippen LogP contribution in [0.4, 0.5) is 5.69 Å². The Labute approximate surface area is 157 Å². The van der Waals surface area contributed by atoms with E-state index in [1.807, 2.05) is 19.1 Å². The summed E-state index contributed by atoms with van der Waals surface area (Å²) in [5.41, 5.74) is 2.04. The van der Waals surface area contributed by atoms with Crippen LogP contribution in [-0.4, -0.2) is 42.5 Å². The third kappa shape index (κ3) is 4.84. The highest BCUT2D eigenvalue weighted by Crippen LogP contribution is 2.16. The van der Waals surface area contributed by atoms with Crippen LogP contribution in [-0.2, 0) is 16.0 Å². The molecule has 1 heterocycles. The molecule has 1 unspecified atom stereocenters. The molecule has 0 aromatic heterocycles. The number of benzene rings is 2. The molecule has 1 N–H and O–H groups in total. The molecule has 2 aromatic carbocycles. The third-order valence-electron chi connectivity index (χ3n) is 4.20. The Morgan fingerprint density at radius 3 is 2.73 bits per heavy atom. The van der Waals surface area contributed by atoms with Crippen molar-refractivity contribution < 1.29 is 14.3 Å². The van der Waals surface area contributed by atoms with E-state index < -0.39 is 0 Å². The number of hydrogen-bond acceptors (Lipinski definition) is 3. The first-order valence-electron chi connectivity index (χ1n) is 8.56. The largest absolute Gasteiger partial charge is 0.375 e. The van der Waals surface area contributed by atoms with Gasteiger partial charge in [-0.25, -0.2) is 0 Å². The summed E-state index contributed by atoms with van der Waals surface area (Å²) in [4.78, 5) is 26.7. The SMILES string of the molecule is CC1CN(C(=O)c2cccc(NC(=O)Cc3ccc(Cl)cc3)c2)CCO1. The van der Waals surface area contributed by atoms with Gasteiger partial charge in [-0.15, -0.1) is 0 Å². The lowest BCUT2D eigenvalue weighted by atomic mass is 10.1. The second kappa shape index (κ2) is 8.34. The molecular weight excluding hydrogens is 352 g/mol. The molecule has 3 rings (SSSR count). The van der Waals surface area contributed by atoms with Crippen molar-refractivity contribution in [1.82, 2.24) is 4.90 Å². The summed E-state index contributed by atoms with van der Waals surface area (Å²) in [5.74, 6) is -0.189. The van der Waals surface area contributed by atoms with Gasteiger partial charge in [0.2, 0.25) is 5.91 Å². The minimum absolute atomic E-state index is 0.0370. The maximum Gasteiger partial charge on any atom is 0.254 e. The molecule has 1 saturated heterocycles. The van der Waals surface area contributed by atoms with Gasteiger partial charge in [-0.3, -0.25) is 9.59 Å². The van der Waals surface area contributed by atoms with Gasteiger partial charge in [0.1, 0.15) is 0 Å². The average molecular weight is 373 g/mol. The monoisotopic (exact) mass is 372 g/mol. The Hall–Kier alpha value is -2.37. The van der Waals surface area contributed by atoms with E-state index in [4.69, 9.17) is 16.3 Å². The van der Waals surface area contributed by atoms with Gasteiger partial charge in [0, 0.05) is 29.4 Å². The summed E-state index contributed by atoms with van der Waals surface area (Å²) >= 11 is 5.85. The molecule has 1 atom stereocenters. The van der Waals surface area contributed by atoms with Crippen molar-refractivity contribution in [2.45, 2.75) is 19.4 Å². The lowest BCUT2D eigenvalue weighted by Crippen LogP contribution is -2.44. The van der Waals surface area contributed by atoms with E-state index in [-0.39, 0.29) is 24.3 Å². The van der Waals surface area contributed by atoms with Crippen molar-refractivity contribution in [2.75, 3.05) is 25.0 Å². The molecule has 0 spiro atoms. The number of ether oxygens (including phenoxy) is 1. The van der Waals surface area contributed by atoms with E-state index in [2.05, 4.69) is 5.32 Å². The molecule has 136 valence electrons. The second-order valence-corrected chi connectivity index (χ2v) is 6.80. The van der Waals surface area contributed by atoms with Crippen LogP contribution in [0.15, 0.2) is 48.5 Å². The van der Waals surface area contributed by atoms with Gasteiger partial charge in [0.15, 0.2) is 0 Å². The van der Waals surface area contributed by atoms with Crippen LogP contribution in [0.2, 0.25) is 5.02 Å². The average Bonchev–Trinajstić information content (AvgIpc) is 2.63. The van der Waals surface area contributed by atoms with Crippen LogP contribution in [0.1, 0.15) is 22.8 Å². The maximum atomic E-state index is 12.7. The fourth-order valence-corrected chi connectivity index (χ4v) is 3.03. The third-order valence-corrected chi connectivity index (χ3v) is 4.45. The van der Waals surface area contributed by atoms with Gasteiger partial charge >= 0.3 is 0 Å². The van der Waals surface area contributed by atoms with Crippen molar-refractivity contribution in [3.8, 4) is 0 Å². The summed E-state index contributed by atoms with van der Waals surface area (Å²) in [6.07, 6.45) is 0.283. The number of anilines is 1. The molecule has 0 bridgehead atoms. The van der Waals surface area contributed by atoms with Crippen molar-refractivity contribution >= 4 is 29.1 Å². The summed E-state index contributed by atoms with van der Waals surface area (Å²) in [7, 11) is 0.